The Kier molecular flexibility index (Phi) is 11.3. The maximum Gasteiger partial charge on any atom is 0.258 e. The highest BCUT2D eigenvalue weighted by Gasteiger charge is 2.40. The van der Waals surface area contributed by atoms with Crippen LogP contribution in [-0.2, 0) is 26.2 Å². The molecule has 1 aliphatic rings. The van der Waals surface area contributed by atoms with E-state index in [0.717, 1.165) is 20.9 Å². The highest BCUT2D eigenvalue weighted by atomic mass is 35.5. The minimum Gasteiger partial charge on any atom is -0.487 e. The van der Waals surface area contributed by atoms with Gasteiger partial charge >= 0.3 is 0 Å². The normalized spacial score (nSPS) is 14.8. The molecular weight excluding hydrogens is 691 g/mol. The number of nitrogen functional groups attached to an aromatic ring is 1. The Bertz CT molecular complexity index is 2010. The first-order valence-electron chi connectivity index (χ1n) is 15.5. The summed E-state index contributed by atoms with van der Waals surface area (Å²) in [6.45, 7) is 3.84. The van der Waals surface area contributed by atoms with E-state index in [1.54, 1.807) is 30.3 Å². The number of halogens is 2. The molecule has 0 aliphatic carbocycles. The topological polar surface area (TPSA) is 177 Å². The van der Waals surface area contributed by atoms with Gasteiger partial charge in [0.25, 0.3) is 5.91 Å². The van der Waals surface area contributed by atoms with E-state index >= 15 is 0 Å². The molecule has 5 rings (SSSR count). The largest absolute Gasteiger partial charge is 0.487 e. The Morgan fingerprint density at radius 1 is 1.04 bits per heavy atom. The molecule has 4 aromatic rings. The van der Waals surface area contributed by atoms with Gasteiger partial charge in [0.2, 0.25) is 15.9 Å². The summed E-state index contributed by atoms with van der Waals surface area (Å²) < 4.78 is 40.5. The summed E-state index contributed by atoms with van der Waals surface area (Å²) in [4.78, 5) is 29.8. The number of rotatable bonds is 13. The molecule has 1 unspecified atom stereocenters. The number of pyridine rings is 1. The van der Waals surface area contributed by atoms with E-state index in [1.807, 2.05) is 32.0 Å². The lowest BCUT2D eigenvalue weighted by Gasteiger charge is -2.24. The van der Waals surface area contributed by atoms with Crippen LogP contribution in [-0.4, -0.2) is 67.6 Å². The van der Waals surface area contributed by atoms with E-state index in [0.29, 0.717) is 41.0 Å². The van der Waals surface area contributed by atoms with Crippen LogP contribution in [0.2, 0.25) is 10.0 Å². The lowest BCUT2D eigenvalue weighted by atomic mass is 10.1. The molecule has 0 spiro atoms. The Morgan fingerprint density at radius 3 is 2.51 bits per heavy atom. The number of amides is 2. The number of nitrogens with one attached hydrogen (secondary N) is 3. The molecule has 49 heavy (non-hydrogen) atoms. The fourth-order valence-corrected chi connectivity index (χ4v) is 8.10. The van der Waals surface area contributed by atoms with Gasteiger partial charge in [0.15, 0.2) is 6.61 Å². The first-order chi connectivity index (χ1) is 23.4. The standard InChI is InChI=1S/C34H36Cl2N6O6S/c1-20-17-21(2)41-32-24(20)5-3-7-28(32)48-18-25-26(35)12-13-29(31(25)36)49(45,46)42-16-4-6-27(42)34(44)40-15-14-39-30(43)19-47-23-10-8-22(9-11-23)33(37)38/h3,5,7-13,17,27H,4,6,14-16,18-19H2,1-2H3,(H3,37,38)(H,39,43)(H,40,44). The number of amidine groups is 1. The number of para-hydroxylation sites is 1. The molecule has 5 N–H and O–H groups in total. The van der Waals surface area contributed by atoms with Crippen LogP contribution in [0.5, 0.6) is 11.5 Å². The third kappa shape index (κ3) is 8.24. The highest BCUT2D eigenvalue weighted by molar-refractivity contribution is 7.89. The van der Waals surface area contributed by atoms with Crippen molar-refractivity contribution in [3.63, 3.8) is 0 Å². The number of nitrogens with zero attached hydrogens (tertiary/aromatic N) is 2. The van der Waals surface area contributed by atoms with Gasteiger partial charge in [-0.3, -0.25) is 15.0 Å². The highest BCUT2D eigenvalue weighted by Crippen LogP contribution is 2.36. The van der Waals surface area contributed by atoms with Crippen LogP contribution in [0.25, 0.3) is 10.9 Å². The van der Waals surface area contributed by atoms with Gasteiger partial charge in [-0.1, -0.05) is 35.3 Å². The van der Waals surface area contributed by atoms with Crippen molar-refractivity contribution in [3.8, 4) is 11.5 Å². The summed E-state index contributed by atoms with van der Waals surface area (Å²) in [5, 5.41) is 13.9. The first-order valence-corrected chi connectivity index (χ1v) is 17.7. The van der Waals surface area contributed by atoms with Gasteiger partial charge in [-0.25, -0.2) is 13.4 Å². The van der Waals surface area contributed by atoms with E-state index in [9.17, 15) is 18.0 Å². The maximum absolute atomic E-state index is 13.9. The lowest BCUT2D eigenvalue weighted by Crippen LogP contribution is -2.47. The van der Waals surface area contributed by atoms with E-state index in [4.69, 9.17) is 43.8 Å². The van der Waals surface area contributed by atoms with Gasteiger partial charge in [-0.15, -0.1) is 0 Å². The second kappa shape index (κ2) is 15.4. The van der Waals surface area contributed by atoms with Gasteiger partial charge < -0.3 is 25.8 Å². The molecule has 1 aliphatic heterocycles. The van der Waals surface area contributed by atoms with Gasteiger partial charge in [0.05, 0.1) is 5.02 Å². The van der Waals surface area contributed by atoms with Gasteiger partial charge in [0, 0.05) is 46.9 Å². The Balaban J connectivity index is 1.19. The summed E-state index contributed by atoms with van der Waals surface area (Å²) in [6, 6.07) is 15.8. The van der Waals surface area contributed by atoms with Crippen molar-refractivity contribution < 1.29 is 27.5 Å². The number of benzene rings is 3. The molecule has 258 valence electrons. The van der Waals surface area contributed by atoms with Crippen molar-refractivity contribution in [3.05, 3.63) is 93.1 Å². The molecule has 0 saturated carbocycles. The molecule has 1 fully saturated rings. The van der Waals surface area contributed by atoms with Crippen molar-refractivity contribution in [2.75, 3.05) is 26.2 Å². The summed E-state index contributed by atoms with van der Waals surface area (Å²) in [6.07, 6.45) is 0.800. The number of sulfonamides is 1. The quantitative estimate of drug-likeness (QED) is 0.0885. The summed E-state index contributed by atoms with van der Waals surface area (Å²) >= 11 is 13.2. The zero-order valence-corrected chi connectivity index (χ0v) is 29.2. The van der Waals surface area contributed by atoms with Crippen LogP contribution < -0.4 is 25.8 Å². The van der Waals surface area contributed by atoms with Crippen molar-refractivity contribution in [1.82, 2.24) is 19.9 Å². The number of carbonyl (C=O) groups is 2. The van der Waals surface area contributed by atoms with Crippen LogP contribution in [0.15, 0.2) is 65.6 Å². The van der Waals surface area contributed by atoms with Crippen molar-refractivity contribution in [2.45, 2.75) is 44.2 Å². The predicted octanol–water partition coefficient (Wildman–Crippen LogP) is 4.49. The minimum atomic E-state index is -4.21. The number of aryl methyl sites for hydroxylation is 2. The number of fused-ring (bicyclic) bond motifs is 1. The van der Waals surface area contributed by atoms with E-state index in [1.165, 1.54) is 12.1 Å². The van der Waals surface area contributed by atoms with Crippen molar-refractivity contribution in [1.29, 1.82) is 5.41 Å². The second-order valence-electron chi connectivity index (χ2n) is 11.5. The zero-order valence-electron chi connectivity index (χ0n) is 26.9. The monoisotopic (exact) mass is 726 g/mol. The van der Waals surface area contributed by atoms with Gasteiger partial charge in [-0.2, -0.15) is 4.31 Å². The number of hydrogen-bond donors (Lipinski definition) is 4. The molecule has 2 amide bonds. The SMILES string of the molecule is Cc1cc(C)c2cccc(OCc3c(Cl)ccc(S(=O)(=O)N4CCCC4C(=O)NCCNC(=O)COc4ccc(C(=N)N)cc4)c3Cl)c2n1. The third-order valence-corrected chi connectivity index (χ3v) is 10.9. The van der Waals surface area contributed by atoms with Crippen LogP contribution in [0.4, 0.5) is 0 Å². The van der Waals surface area contributed by atoms with Gasteiger partial charge in [0.1, 0.15) is 40.4 Å². The predicted molar refractivity (Wildman–Crippen MR) is 188 cm³/mol. The fraction of sp³-hybridized carbons (Fsp3) is 0.294. The fourth-order valence-electron chi connectivity index (χ4n) is 5.58. The molecule has 1 aromatic heterocycles. The molecule has 12 nitrogen and oxygen atoms in total. The number of hydrogen-bond acceptors (Lipinski definition) is 8. The number of aromatic nitrogens is 1. The molecule has 1 atom stereocenters. The summed E-state index contributed by atoms with van der Waals surface area (Å²) in [7, 11) is -4.21. The average molecular weight is 728 g/mol. The molecule has 0 bridgehead atoms. The molecule has 1 saturated heterocycles. The van der Waals surface area contributed by atoms with Crippen LogP contribution in [0.3, 0.4) is 0 Å². The summed E-state index contributed by atoms with van der Waals surface area (Å²) in [5.74, 6) is -0.0304. The molecule has 2 heterocycles. The number of ether oxygens (including phenoxy) is 2. The van der Waals surface area contributed by atoms with Crippen molar-refractivity contribution in [2.24, 2.45) is 5.73 Å². The van der Waals surface area contributed by atoms with Crippen molar-refractivity contribution >= 4 is 61.8 Å². The number of nitrogens with two attached hydrogens (primary N) is 1. The molecular formula is C34H36Cl2N6O6S. The van der Waals surface area contributed by atoms with E-state index in [-0.39, 0.29) is 53.6 Å². The minimum absolute atomic E-state index is 0.0746. The second-order valence-corrected chi connectivity index (χ2v) is 14.1. The average Bonchev–Trinajstić information content (AvgIpc) is 3.57. The van der Waals surface area contributed by atoms with E-state index < -0.39 is 27.9 Å². The first kappa shape index (κ1) is 35.9. The lowest BCUT2D eigenvalue weighted by molar-refractivity contribution is -0.125. The van der Waals surface area contributed by atoms with Crippen LogP contribution in [0.1, 0.15) is 35.2 Å². The summed E-state index contributed by atoms with van der Waals surface area (Å²) in [5.41, 5.74) is 8.81. The smallest absolute Gasteiger partial charge is 0.258 e. The number of carbonyl (C=O) groups excluding carboxylic acids is 2. The van der Waals surface area contributed by atoms with Crippen LogP contribution in [0, 0.1) is 19.3 Å². The van der Waals surface area contributed by atoms with Gasteiger partial charge in [-0.05, 0) is 80.8 Å². The third-order valence-electron chi connectivity index (χ3n) is 8.03. The molecule has 3 aromatic carbocycles. The maximum atomic E-state index is 13.9. The molecule has 0 radical (unpaired) electrons. The molecule has 15 heteroatoms. The Morgan fingerprint density at radius 2 is 1.78 bits per heavy atom. The zero-order chi connectivity index (χ0) is 35.3. The Hall–Kier alpha value is -4.43. The van der Waals surface area contributed by atoms with E-state index in [2.05, 4.69) is 15.6 Å². The van der Waals surface area contributed by atoms with Crippen LogP contribution >= 0.6 is 23.2 Å². The Labute approximate surface area is 294 Å².